The standard InChI is InChI=1S/2C24H31N5O11S.C13H17N4O8P.CH4/c1-23-16-17-24(23,2)20(37)27-22(39)29(17)8-10(7-28(16)21(38)26-19(23)36)40-15(33)6-4-12(30)11(9-41)25-14(32)5-3-13(31)18(34)35;1-12-7-28(23(38)26-20(12)34)9-14(10-29-8-13(2)21(35)27-24(29)39)40-19(33)6-4-16(30)15(11-41)25-18(32)5-3-17(31)22(36)37;1-12-6-7-13(12,2)9(19)15-11(21)17(7)4-5(25-26(22,23)24)3-16(6)10(20)14-8(12)18;/h10-11,13,16-17,31,41H,3-9H2,1-2H3,(H,25,32)(H,34,35)(H,26,36,38)(H,27,37,39);7-8,14-15,17,31,41H,3-6,9-11H2,1-2H3,(H,25,32)(H,36,37)(H,26,34,38)(H,27,35,39);5-7H,3-4H2,1-2H3,(H,14,18,20)(H,15,19,21)(H2,22,23,24);1H4. The molecule has 10 rings (SSSR count). The van der Waals surface area contributed by atoms with E-state index in [0.717, 1.165) is 9.13 Å². The fourth-order valence-corrected chi connectivity index (χ4v) is 15.8. The van der Waals surface area contributed by atoms with E-state index in [0.29, 0.717) is 0 Å². The average Bonchev–Trinajstić information content (AvgIpc) is 1.62. The van der Waals surface area contributed by atoms with Gasteiger partial charge in [0.25, 0.3) is 11.1 Å². The van der Waals surface area contributed by atoms with Crippen LogP contribution in [0.5, 0.6) is 0 Å². The number of Topliss-reactive ketones (excluding diaryl/α,β-unsaturated/α-hetero) is 2. The molecule has 8 fully saturated rings. The highest BCUT2D eigenvalue weighted by atomic mass is 32.1. The van der Waals surface area contributed by atoms with E-state index in [4.69, 9.17) is 34.0 Å². The highest BCUT2D eigenvalue weighted by Gasteiger charge is 2.83. The minimum absolute atomic E-state index is 0. The van der Waals surface area contributed by atoms with Crippen LogP contribution in [-0.4, -0.2) is 268 Å². The summed E-state index contributed by atoms with van der Waals surface area (Å²) in [6.07, 6.45) is -7.29. The number of carboxylic acids is 2. The van der Waals surface area contributed by atoms with E-state index in [9.17, 15) is 111 Å². The van der Waals surface area contributed by atoms with Gasteiger partial charge >= 0.3 is 67.2 Å². The van der Waals surface area contributed by atoms with Gasteiger partial charge in [0.2, 0.25) is 35.4 Å². The molecule has 0 aromatic carbocycles. The number of carbonyl (C=O) groups is 16. The number of H-pyrrole nitrogens is 2. The maximum atomic E-state index is 12.9. The first-order valence-electron chi connectivity index (χ1n) is 33.2. The Bertz CT molecular complexity index is 4230. The van der Waals surface area contributed by atoms with Crippen molar-refractivity contribution in [1.82, 2.24) is 70.6 Å². The van der Waals surface area contributed by atoms with E-state index in [1.807, 2.05) is 0 Å². The smallest absolute Gasteiger partial charge is 0.469 e. The quantitative estimate of drug-likeness (QED) is 0.0215. The molecule has 8 aliphatic rings. The number of ketones is 2. The minimum atomic E-state index is -4.89. The molecule has 2 aromatic heterocycles. The summed E-state index contributed by atoms with van der Waals surface area (Å²) in [5, 5.41) is 49.6. The van der Waals surface area contributed by atoms with Gasteiger partial charge in [0, 0.05) is 60.7 Å². The number of aromatic nitrogens is 4. The van der Waals surface area contributed by atoms with Crippen LogP contribution in [0.1, 0.15) is 97.6 Å². The number of phosphoric acid groups is 1. The van der Waals surface area contributed by atoms with E-state index in [1.54, 1.807) is 27.7 Å². The van der Waals surface area contributed by atoms with E-state index in [-0.39, 0.29) is 108 Å². The second-order valence-electron chi connectivity index (χ2n) is 27.4. The van der Waals surface area contributed by atoms with Crippen molar-refractivity contribution in [3.05, 3.63) is 65.2 Å². The third kappa shape index (κ3) is 17.2. The van der Waals surface area contributed by atoms with Crippen LogP contribution in [0.4, 0.5) is 19.2 Å². The molecule has 12 unspecified atom stereocenters. The second kappa shape index (κ2) is 33.5. The Labute approximate surface area is 626 Å². The lowest BCUT2D eigenvalue weighted by Crippen LogP contribution is -2.90. The zero-order valence-corrected chi connectivity index (χ0v) is 61.0. The van der Waals surface area contributed by atoms with E-state index < -0.39 is 227 Å². The Morgan fingerprint density at radius 3 is 1.14 bits per heavy atom. The average molecular weight is 1600 g/mol. The summed E-state index contributed by atoms with van der Waals surface area (Å²) in [6.45, 7) is 7.74. The van der Waals surface area contributed by atoms with E-state index in [1.165, 1.54) is 45.8 Å². The first kappa shape index (κ1) is 86.2. The lowest BCUT2D eigenvalue weighted by molar-refractivity contribution is -0.209. The number of aliphatic hydroxyl groups is 2. The molecule has 6 saturated heterocycles. The number of esters is 2. The number of aliphatic carboxylic acids is 2. The van der Waals surface area contributed by atoms with Gasteiger partial charge in [-0.05, 0) is 54.4 Å². The summed E-state index contributed by atoms with van der Waals surface area (Å²) in [5.41, 5.74) is -7.64. The van der Waals surface area contributed by atoms with Gasteiger partial charge in [0.15, 0.2) is 23.8 Å². The third-order valence-corrected chi connectivity index (χ3v) is 22.1. The zero-order valence-electron chi connectivity index (χ0n) is 58.3. The summed E-state index contributed by atoms with van der Waals surface area (Å²) >= 11 is 8.06. The predicted octanol–water partition coefficient (Wildman–Crippen LogP) is -5.65. The molecule has 12 atom stereocenters. The molecule has 0 spiro atoms. The van der Waals surface area contributed by atoms with Crippen LogP contribution in [0.15, 0.2) is 31.6 Å². The first-order valence-corrected chi connectivity index (χ1v) is 36.0. The molecule has 0 bridgehead atoms. The highest BCUT2D eigenvalue weighted by Crippen LogP contribution is 2.65. The van der Waals surface area contributed by atoms with Crippen LogP contribution in [-0.2, 0) is 89.2 Å². The first-order chi connectivity index (χ1) is 50.3. The molecule has 44 nitrogen and oxygen atoms in total. The molecule has 2 aromatic rings. The molecule has 8 heterocycles. The molecular formula is C62H83N14O30PS2. The molecule has 6 aliphatic heterocycles. The van der Waals surface area contributed by atoms with E-state index in [2.05, 4.69) is 67.1 Å². The van der Waals surface area contributed by atoms with Gasteiger partial charge in [0.1, 0.15) is 18.3 Å². The number of phosphoric ester groups is 1. The Morgan fingerprint density at radius 2 is 0.835 bits per heavy atom. The second-order valence-corrected chi connectivity index (χ2v) is 29.4. The van der Waals surface area contributed by atoms with Crippen molar-refractivity contribution in [2.45, 2.75) is 180 Å². The molecule has 2 saturated carbocycles. The minimum Gasteiger partial charge on any atom is -0.479 e. The van der Waals surface area contributed by atoms with Crippen molar-refractivity contribution in [2.75, 3.05) is 37.7 Å². The van der Waals surface area contributed by atoms with Gasteiger partial charge in [-0.3, -0.25) is 102 Å². The summed E-state index contributed by atoms with van der Waals surface area (Å²) in [5.74, 6) is -9.88. The number of imide groups is 4. The molecular weight excluding hydrogens is 1520 g/mol. The summed E-state index contributed by atoms with van der Waals surface area (Å²) in [6, 6.07) is -8.37. The van der Waals surface area contributed by atoms with Crippen molar-refractivity contribution in [3.8, 4) is 0 Å². The molecule has 2 aliphatic carbocycles. The number of carbonyl (C=O) groups excluding carboxylic acids is 14. The molecule has 47 heteroatoms. The van der Waals surface area contributed by atoms with Crippen molar-refractivity contribution < 1.29 is 125 Å². The number of amides is 14. The lowest BCUT2D eigenvalue weighted by Gasteiger charge is -2.70. The zero-order chi connectivity index (χ0) is 80.5. The SMILES string of the molecule is C.CC12C(=O)NC(=O)N3CC(OC(=O)CCC(=O)C(CS)NC(=O)CCC(O)C(=O)O)CN4C(=O)NC(=O)C1(C)C4C32.CC12C(=O)NC(=O)N3CC(OP(=O)(O)O)CN4C(=O)NC(=O)C1(C)C4C32.Cc1cn(CC(Cn2cc(C)c(=O)[nH]c2=O)OC(=O)CCC(=O)C(CS)NC(=O)CCC(O)C(=O)O)c(=O)[nH]c1=O. The Kier molecular flexibility index (Phi) is 26.5. The largest absolute Gasteiger partial charge is 0.479 e. The maximum Gasteiger partial charge on any atom is 0.469 e. The number of thiol groups is 2. The molecule has 598 valence electrons. The Balaban J connectivity index is 0.000000232. The van der Waals surface area contributed by atoms with Crippen molar-refractivity contribution in [1.29, 1.82) is 0 Å². The Morgan fingerprint density at radius 1 is 0.523 bits per heavy atom. The van der Waals surface area contributed by atoms with Crippen LogP contribution >= 0.6 is 33.1 Å². The van der Waals surface area contributed by atoms with Crippen LogP contribution < -0.4 is 54.4 Å². The normalized spacial score (nSPS) is 26.5. The summed E-state index contributed by atoms with van der Waals surface area (Å²) < 4.78 is 29.1. The van der Waals surface area contributed by atoms with Gasteiger partial charge in [-0.1, -0.05) is 7.43 Å². The number of nitrogens with one attached hydrogen (secondary N) is 8. The van der Waals surface area contributed by atoms with Gasteiger partial charge in [-0.25, -0.2) is 42.9 Å². The van der Waals surface area contributed by atoms with Crippen LogP contribution in [0.3, 0.4) is 0 Å². The molecule has 14 N–H and O–H groups in total. The van der Waals surface area contributed by atoms with Crippen molar-refractivity contribution in [2.24, 2.45) is 21.7 Å². The Hall–Kier alpha value is -9.99. The van der Waals surface area contributed by atoms with Gasteiger partial charge in [-0.2, -0.15) is 25.3 Å². The van der Waals surface area contributed by atoms with Crippen LogP contribution in [0.2, 0.25) is 0 Å². The third-order valence-electron chi connectivity index (χ3n) is 20.8. The number of rotatable bonds is 28. The van der Waals surface area contributed by atoms with Crippen LogP contribution in [0.25, 0.3) is 0 Å². The van der Waals surface area contributed by atoms with Crippen molar-refractivity contribution >= 4 is 128 Å². The molecule has 109 heavy (non-hydrogen) atoms. The number of carboxylic acid groups (broad SMARTS) is 2. The fraction of sp³-hybridized carbons (Fsp3) is 0.613. The fourth-order valence-electron chi connectivity index (χ4n) is 14.7. The summed E-state index contributed by atoms with van der Waals surface area (Å²) in [7, 11) is -4.89. The maximum absolute atomic E-state index is 12.9. The number of hydrogen-bond acceptors (Lipinski definition) is 28. The number of fused-ring (bicyclic) bond motifs is 2. The number of urea groups is 4. The number of aryl methyl sites for hydroxylation is 2. The van der Waals surface area contributed by atoms with E-state index >= 15 is 0 Å². The van der Waals surface area contributed by atoms with Gasteiger partial charge in [0.05, 0.1) is 110 Å². The number of ether oxygens (including phenoxy) is 2. The monoisotopic (exact) mass is 1600 g/mol. The lowest BCUT2D eigenvalue weighted by atomic mass is 9.42. The van der Waals surface area contributed by atoms with Crippen molar-refractivity contribution in [3.63, 3.8) is 0 Å². The van der Waals surface area contributed by atoms with Gasteiger partial charge < -0.3 is 69.9 Å². The number of nitrogens with zero attached hydrogens (tertiary/aromatic N) is 6. The number of aromatic amines is 2. The number of hydrogen-bond donors (Lipinski definition) is 16. The summed E-state index contributed by atoms with van der Waals surface area (Å²) in [4.78, 5) is 273. The van der Waals surface area contributed by atoms with Crippen LogP contribution in [0, 0.1) is 35.5 Å². The molecule has 0 radical (unpaired) electrons. The molecule has 14 amide bonds. The number of aliphatic hydroxyl groups excluding tert-OH is 2. The van der Waals surface area contributed by atoms with Gasteiger partial charge in [-0.15, -0.1) is 0 Å². The predicted molar refractivity (Wildman–Crippen MR) is 370 cm³/mol. The topological polar surface area (TPSA) is 634 Å². The highest BCUT2D eigenvalue weighted by molar-refractivity contribution is 7.80.